The first-order chi connectivity index (χ1) is 12.8. The van der Waals surface area contributed by atoms with Crippen LogP contribution in [-0.4, -0.2) is 49.0 Å². The van der Waals surface area contributed by atoms with Gasteiger partial charge in [-0.3, -0.25) is 4.79 Å². The van der Waals surface area contributed by atoms with E-state index in [4.69, 9.17) is 5.10 Å². The fourth-order valence-electron chi connectivity index (χ4n) is 3.16. The summed E-state index contributed by atoms with van der Waals surface area (Å²) < 4.78 is 3.35. The monoisotopic (exact) mass is 368 g/mol. The third-order valence-corrected chi connectivity index (χ3v) is 4.78. The van der Waals surface area contributed by atoms with Crippen molar-refractivity contribution in [1.82, 2.24) is 29.4 Å². The van der Waals surface area contributed by atoms with Gasteiger partial charge < -0.3 is 14.8 Å². The predicted octanol–water partition coefficient (Wildman–Crippen LogP) is 1.06. The first-order valence-corrected chi connectivity index (χ1v) is 9.06. The van der Waals surface area contributed by atoms with E-state index in [2.05, 4.69) is 46.2 Å². The van der Waals surface area contributed by atoms with Crippen LogP contribution in [0.15, 0.2) is 29.3 Å². The van der Waals surface area contributed by atoms with E-state index < -0.39 is 0 Å². The van der Waals surface area contributed by atoms with Crippen LogP contribution < -0.4 is 15.8 Å². The van der Waals surface area contributed by atoms with Crippen molar-refractivity contribution in [2.45, 2.75) is 26.2 Å². The van der Waals surface area contributed by atoms with Crippen LogP contribution in [0.4, 0.5) is 11.6 Å². The van der Waals surface area contributed by atoms with Gasteiger partial charge in [0.25, 0.3) is 5.56 Å². The number of hydrogen-bond donors (Lipinski definition) is 1. The summed E-state index contributed by atoms with van der Waals surface area (Å²) in [4.78, 5) is 18.3. The summed E-state index contributed by atoms with van der Waals surface area (Å²) in [6.07, 6.45) is 3.28. The maximum atomic E-state index is 12.0. The van der Waals surface area contributed by atoms with Crippen molar-refractivity contribution in [2.75, 3.05) is 29.9 Å². The van der Waals surface area contributed by atoms with Gasteiger partial charge in [0, 0.05) is 50.4 Å². The lowest BCUT2D eigenvalue weighted by molar-refractivity contribution is 0.423. The van der Waals surface area contributed by atoms with Crippen molar-refractivity contribution < 1.29 is 0 Å². The number of rotatable bonds is 4. The SMILES string of the molecule is Cn1ccnc(NCC2CN(c3ccc4nnc(C(C)(C)C)n4n3)C2)c1=O. The van der Waals surface area contributed by atoms with Gasteiger partial charge in [0.05, 0.1) is 0 Å². The average Bonchev–Trinajstić information content (AvgIpc) is 3.00. The Morgan fingerprint density at radius 1 is 1.22 bits per heavy atom. The zero-order valence-corrected chi connectivity index (χ0v) is 16.0. The highest BCUT2D eigenvalue weighted by atomic mass is 16.1. The van der Waals surface area contributed by atoms with E-state index in [1.54, 1.807) is 19.4 Å². The molecule has 1 fully saturated rings. The largest absolute Gasteiger partial charge is 0.365 e. The zero-order valence-electron chi connectivity index (χ0n) is 16.0. The summed E-state index contributed by atoms with van der Waals surface area (Å²) in [5.74, 6) is 2.61. The second-order valence-corrected chi connectivity index (χ2v) is 8.08. The second-order valence-electron chi connectivity index (χ2n) is 8.08. The summed E-state index contributed by atoms with van der Waals surface area (Å²) in [5, 5.41) is 16.4. The average molecular weight is 368 g/mol. The van der Waals surface area contributed by atoms with Crippen LogP contribution in [0.3, 0.4) is 0 Å². The highest BCUT2D eigenvalue weighted by Gasteiger charge is 2.29. The molecule has 1 aliphatic rings. The van der Waals surface area contributed by atoms with E-state index >= 15 is 0 Å². The summed E-state index contributed by atoms with van der Waals surface area (Å²) in [6, 6.07) is 3.93. The molecule has 9 heteroatoms. The summed E-state index contributed by atoms with van der Waals surface area (Å²) in [7, 11) is 1.72. The molecule has 4 heterocycles. The van der Waals surface area contributed by atoms with Crippen LogP contribution in [0.2, 0.25) is 0 Å². The van der Waals surface area contributed by atoms with Gasteiger partial charge in [-0.2, -0.15) is 4.52 Å². The predicted molar refractivity (Wildman–Crippen MR) is 103 cm³/mol. The molecule has 0 bridgehead atoms. The fourth-order valence-corrected chi connectivity index (χ4v) is 3.16. The number of nitrogens with one attached hydrogen (secondary N) is 1. The van der Waals surface area contributed by atoms with Crippen LogP contribution in [0, 0.1) is 5.92 Å². The molecule has 0 atom stereocenters. The molecule has 3 aromatic heterocycles. The Balaban J connectivity index is 1.42. The van der Waals surface area contributed by atoms with Crippen LogP contribution in [-0.2, 0) is 12.5 Å². The van der Waals surface area contributed by atoms with E-state index in [0.29, 0.717) is 18.3 Å². The molecule has 1 aliphatic heterocycles. The standard InChI is InChI=1S/C18H24N8O/c1-18(2,3)17-22-21-13-5-6-14(23-26(13)17)25-10-12(11-25)9-20-15-16(27)24(4)8-7-19-15/h5-8,12H,9-11H2,1-4H3,(H,19,20). The minimum atomic E-state index is -0.124. The Hall–Kier alpha value is -2.97. The molecule has 142 valence electrons. The molecule has 9 nitrogen and oxygen atoms in total. The molecule has 3 aromatic rings. The number of fused-ring (bicyclic) bond motifs is 1. The van der Waals surface area contributed by atoms with Gasteiger partial charge in [-0.25, -0.2) is 4.98 Å². The third kappa shape index (κ3) is 3.24. The minimum Gasteiger partial charge on any atom is -0.365 e. The van der Waals surface area contributed by atoms with Gasteiger partial charge in [-0.05, 0) is 12.1 Å². The molecular weight excluding hydrogens is 344 g/mol. The molecule has 0 saturated carbocycles. The van der Waals surface area contributed by atoms with Crippen molar-refractivity contribution in [3.8, 4) is 0 Å². The molecule has 1 N–H and O–H groups in total. The first-order valence-electron chi connectivity index (χ1n) is 9.06. The molecular formula is C18H24N8O. The van der Waals surface area contributed by atoms with Gasteiger partial charge in [-0.1, -0.05) is 20.8 Å². The van der Waals surface area contributed by atoms with Crippen molar-refractivity contribution >= 4 is 17.3 Å². The molecule has 4 rings (SSSR count). The zero-order chi connectivity index (χ0) is 19.2. The molecule has 1 saturated heterocycles. The topological polar surface area (TPSA) is 93.2 Å². The minimum absolute atomic E-state index is 0.108. The van der Waals surface area contributed by atoms with Gasteiger partial charge in [0.1, 0.15) is 5.82 Å². The highest BCUT2D eigenvalue weighted by Crippen LogP contribution is 2.25. The third-order valence-electron chi connectivity index (χ3n) is 4.78. The number of aryl methyl sites for hydroxylation is 1. The van der Waals surface area contributed by atoms with Gasteiger partial charge >= 0.3 is 0 Å². The van der Waals surface area contributed by atoms with E-state index in [0.717, 1.165) is 30.4 Å². The Kier molecular flexibility index (Phi) is 4.09. The number of hydrogen-bond acceptors (Lipinski definition) is 7. The van der Waals surface area contributed by atoms with Crippen molar-refractivity contribution in [2.24, 2.45) is 13.0 Å². The molecule has 0 spiro atoms. The Morgan fingerprint density at radius 2 is 2.00 bits per heavy atom. The molecule has 0 amide bonds. The van der Waals surface area contributed by atoms with E-state index in [1.807, 2.05) is 16.6 Å². The molecule has 0 unspecified atom stereocenters. The summed E-state index contributed by atoms with van der Waals surface area (Å²) >= 11 is 0. The van der Waals surface area contributed by atoms with Gasteiger partial charge in [-0.15, -0.1) is 15.3 Å². The number of nitrogens with zero attached hydrogens (tertiary/aromatic N) is 7. The first kappa shape index (κ1) is 17.4. The summed E-state index contributed by atoms with van der Waals surface area (Å²) in [5.41, 5.74) is 0.526. The number of aromatic nitrogens is 6. The Morgan fingerprint density at radius 3 is 2.74 bits per heavy atom. The van der Waals surface area contributed by atoms with Crippen LogP contribution in [0.5, 0.6) is 0 Å². The molecule has 0 aromatic carbocycles. The summed E-state index contributed by atoms with van der Waals surface area (Å²) in [6.45, 7) is 8.78. The lowest BCUT2D eigenvalue weighted by atomic mass is 9.96. The lowest BCUT2D eigenvalue weighted by Crippen LogP contribution is -2.50. The van der Waals surface area contributed by atoms with Crippen molar-refractivity contribution in [1.29, 1.82) is 0 Å². The normalized spacial score (nSPS) is 15.2. The van der Waals surface area contributed by atoms with E-state index in [1.165, 1.54) is 4.57 Å². The van der Waals surface area contributed by atoms with E-state index in [9.17, 15) is 4.79 Å². The Bertz CT molecular complexity index is 1030. The number of anilines is 2. The smallest absolute Gasteiger partial charge is 0.293 e. The van der Waals surface area contributed by atoms with Gasteiger partial charge in [0.2, 0.25) is 0 Å². The maximum absolute atomic E-state index is 12.0. The second kappa shape index (κ2) is 6.33. The van der Waals surface area contributed by atoms with Gasteiger partial charge in [0.15, 0.2) is 17.3 Å². The lowest BCUT2D eigenvalue weighted by Gasteiger charge is -2.40. The quantitative estimate of drug-likeness (QED) is 0.736. The molecule has 27 heavy (non-hydrogen) atoms. The van der Waals surface area contributed by atoms with Crippen molar-refractivity contribution in [3.05, 3.63) is 40.7 Å². The molecule has 0 radical (unpaired) electrons. The highest BCUT2D eigenvalue weighted by molar-refractivity contribution is 5.48. The Labute approximate surface area is 157 Å². The van der Waals surface area contributed by atoms with Crippen LogP contribution in [0.1, 0.15) is 26.6 Å². The van der Waals surface area contributed by atoms with E-state index in [-0.39, 0.29) is 11.0 Å². The van der Waals surface area contributed by atoms with Crippen molar-refractivity contribution in [3.63, 3.8) is 0 Å². The fraction of sp³-hybridized carbons (Fsp3) is 0.500. The van der Waals surface area contributed by atoms with Crippen LogP contribution in [0.25, 0.3) is 5.65 Å². The molecule has 0 aliphatic carbocycles. The maximum Gasteiger partial charge on any atom is 0.293 e. The van der Waals surface area contributed by atoms with Crippen LogP contribution >= 0.6 is 0 Å².